The topological polar surface area (TPSA) is 44.9 Å². The molecule has 54 heavy (non-hydrogen) atoms. The van der Waals surface area contributed by atoms with Crippen molar-refractivity contribution in [2.24, 2.45) is 11.3 Å². The average Bonchev–Trinajstić information content (AvgIpc) is 3.63. The van der Waals surface area contributed by atoms with E-state index in [0.29, 0.717) is 23.3 Å². The Labute approximate surface area is 336 Å². The summed E-state index contributed by atoms with van der Waals surface area (Å²) in [6, 6.07) is 39.1. The van der Waals surface area contributed by atoms with Gasteiger partial charge in [0, 0.05) is 34.5 Å². The first kappa shape index (κ1) is 39.2. The summed E-state index contributed by atoms with van der Waals surface area (Å²) in [7, 11) is 0. The molecule has 3 aromatic heterocycles. The summed E-state index contributed by atoms with van der Waals surface area (Å²) in [4.78, 5) is 4.93. The van der Waals surface area contributed by atoms with Gasteiger partial charge in [-0.15, -0.1) is 35.7 Å². The van der Waals surface area contributed by atoms with Crippen molar-refractivity contribution < 1.29 is 25.8 Å². The van der Waals surface area contributed by atoms with Crippen LogP contribution in [0.5, 0.6) is 11.5 Å². The molecule has 3 heterocycles. The maximum atomic E-state index is 6.54. The monoisotopic (exact) mass is 895 g/mol. The van der Waals surface area contributed by atoms with E-state index in [2.05, 4.69) is 133 Å². The normalized spacial score (nSPS) is 12.9. The van der Waals surface area contributed by atoms with Crippen LogP contribution in [0.1, 0.15) is 95.7 Å². The van der Waals surface area contributed by atoms with E-state index in [-0.39, 0.29) is 26.5 Å². The molecule has 7 rings (SSSR count). The Morgan fingerprint density at radius 3 is 2.37 bits per heavy atom. The fraction of sp³-hybridized carbons (Fsp3) is 0.333. The molecule has 0 N–H and O–H groups in total. The number of hydrogen-bond donors (Lipinski definition) is 0. The molecule has 7 aromatic rings. The Kier molecular flexibility index (Phi) is 12.0. The molecule has 0 aliphatic carbocycles. The van der Waals surface area contributed by atoms with Crippen molar-refractivity contribution in [3.8, 4) is 34.1 Å². The van der Waals surface area contributed by atoms with Crippen LogP contribution in [0.15, 0.2) is 97.2 Å². The van der Waals surface area contributed by atoms with E-state index in [1.807, 2.05) is 41.2 Å². The molecule has 0 fully saturated rings. The van der Waals surface area contributed by atoms with Gasteiger partial charge in [-0.25, -0.2) is 4.98 Å². The van der Waals surface area contributed by atoms with E-state index in [4.69, 9.17) is 14.8 Å². The van der Waals surface area contributed by atoms with Gasteiger partial charge in [-0.05, 0) is 96.3 Å². The zero-order valence-corrected chi connectivity index (χ0v) is 35.2. The van der Waals surface area contributed by atoms with E-state index in [1.165, 1.54) is 35.8 Å². The number of hydrogen-bond acceptors (Lipinski definition) is 3. The fourth-order valence-electron chi connectivity index (χ4n) is 7.79. The molecule has 4 aromatic carbocycles. The van der Waals surface area contributed by atoms with Crippen LogP contribution >= 0.6 is 0 Å². The van der Waals surface area contributed by atoms with Crippen molar-refractivity contribution in [1.82, 2.24) is 19.3 Å². The van der Waals surface area contributed by atoms with Crippen LogP contribution in [0.4, 0.5) is 0 Å². The summed E-state index contributed by atoms with van der Waals surface area (Å²) in [5.74, 6) is 3.30. The van der Waals surface area contributed by atoms with Gasteiger partial charge in [0.15, 0.2) is 0 Å². The van der Waals surface area contributed by atoms with E-state index in [9.17, 15) is 0 Å². The molecule has 0 radical (unpaired) electrons. The third-order valence-corrected chi connectivity index (χ3v) is 10.5. The number of rotatable bonds is 12. The quantitative estimate of drug-likeness (QED) is 0.115. The van der Waals surface area contributed by atoms with Gasteiger partial charge in [0.25, 0.3) is 0 Å². The standard InChI is InChI=1S/C48H52N4O.Pt/c1-9-14-32(2)27-33(3)38-19-22-44-43(29-38)42-21-20-41(31-45(42)51(44)46-28-36(24-26-49-46)23-25-48(6,7)8)53-40-18-13-17-39(30-40)52-35(5)47(34(4)50-52)37-15-11-10-12-16-37;/h10-13,15-22,24,26,28-29,32-33H,9,14,23,25,27H2,1-8H3;/q-2;+2. The SMILES string of the molecule is CCCC(C)CC(C)c1ccc2c(c1)c1ccc(Oc3[c-]c(-n4nc(C)c(-c5ccccc5)c4C)ccc3)[c-]c1n2-c1cc(CCC(C)(C)C)ccn1.[Pt+2]. The third kappa shape index (κ3) is 8.42. The minimum atomic E-state index is 0. The number of pyridine rings is 1. The maximum Gasteiger partial charge on any atom is 2.00 e. The molecular formula is C48H52N4OPt. The van der Waals surface area contributed by atoms with Crippen LogP contribution in [0.3, 0.4) is 0 Å². The van der Waals surface area contributed by atoms with Gasteiger partial charge >= 0.3 is 21.1 Å². The van der Waals surface area contributed by atoms with Gasteiger partial charge in [-0.1, -0.05) is 102 Å². The van der Waals surface area contributed by atoms with Crippen molar-refractivity contribution in [2.75, 3.05) is 0 Å². The molecule has 2 atom stereocenters. The molecule has 280 valence electrons. The second kappa shape index (κ2) is 16.5. The molecule has 0 saturated heterocycles. The van der Waals surface area contributed by atoms with Crippen LogP contribution < -0.4 is 4.74 Å². The van der Waals surface area contributed by atoms with Gasteiger partial charge in [-0.3, -0.25) is 4.68 Å². The van der Waals surface area contributed by atoms with Crippen LogP contribution in [-0.4, -0.2) is 19.3 Å². The van der Waals surface area contributed by atoms with Crippen LogP contribution in [0, 0.1) is 37.3 Å². The molecule has 0 aliphatic heterocycles. The van der Waals surface area contributed by atoms with Gasteiger partial charge in [0.1, 0.15) is 5.82 Å². The molecule has 0 saturated carbocycles. The second-order valence-electron chi connectivity index (χ2n) is 16.1. The molecule has 0 bridgehead atoms. The van der Waals surface area contributed by atoms with Gasteiger partial charge in [0.05, 0.1) is 5.69 Å². The smallest absolute Gasteiger partial charge is 0.509 e. The Morgan fingerprint density at radius 1 is 0.833 bits per heavy atom. The van der Waals surface area contributed by atoms with Crippen molar-refractivity contribution in [3.05, 3.63) is 132 Å². The summed E-state index contributed by atoms with van der Waals surface area (Å²) in [6.45, 7) is 18.1. The largest absolute Gasteiger partial charge is 2.00 e. The van der Waals surface area contributed by atoms with Gasteiger partial charge in [0.2, 0.25) is 0 Å². The van der Waals surface area contributed by atoms with Crippen molar-refractivity contribution in [1.29, 1.82) is 0 Å². The average molecular weight is 896 g/mol. The zero-order valence-electron chi connectivity index (χ0n) is 32.9. The Balaban J connectivity index is 0.00000497. The number of ether oxygens (including phenoxy) is 1. The minimum absolute atomic E-state index is 0. The third-order valence-electron chi connectivity index (χ3n) is 10.5. The molecular weight excluding hydrogens is 844 g/mol. The van der Waals surface area contributed by atoms with E-state index < -0.39 is 0 Å². The summed E-state index contributed by atoms with van der Waals surface area (Å²) in [5.41, 5.74) is 10.1. The first-order valence-corrected chi connectivity index (χ1v) is 19.3. The predicted molar refractivity (Wildman–Crippen MR) is 220 cm³/mol. The van der Waals surface area contributed by atoms with Crippen LogP contribution in [-0.2, 0) is 27.5 Å². The number of fused-ring (bicyclic) bond motifs is 3. The summed E-state index contributed by atoms with van der Waals surface area (Å²) in [5, 5.41) is 7.25. The van der Waals surface area contributed by atoms with E-state index in [0.717, 1.165) is 63.3 Å². The first-order chi connectivity index (χ1) is 25.5. The number of aryl methyl sites for hydroxylation is 2. The molecule has 0 spiro atoms. The van der Waals surface area contributed by atoms with Crippen LogP contribution in [0.25, 0.3) is 44.4 Å². The van der Waals surface area contributed by atoms with Crippen molar-refractivity contribution in [2.45, 2.75) is 93.4 Å². The Morgan fingerprint density at radius 2 is 1.61 bits per heavy atom. The van der Waals surface area contributed by atoms with Crippen molar-refractivity contribution in [3.63, 3.8) is 0 Å². The Hall–Kier alpha value is -4.47. The molecule has 6 heteroatoms. The fourth-order valence-corrected chi connectivity index (χ4v) is 7.79. The van der Waals surface area contributed by atoms with E-state index in [1.54, 1.807) is 0 Å². The van der Waals surface area contributed by atoms with Crippen molar-refractivity contribution >= 4 is 21.8 Å². The molecule has 5 nitrogen and oxygen atoms in total. The summed E-state index contributed by atoms with van der Waals surface area (Å²) >= 11 is 0. The first-order valence-electron chi connectivity index (χ1n) is 19.3. The Bertz CT molecular complexity index is 2360. The maximum absolute atomic E-state index is 6.54. The molecule has 0 aliphatic rings. The van der Waals surface area contributed by atoms with E-state index >= 15 is 0 Å². The van der Waals surface area contributed by atoms with Gasteiger partial charge in [-0.2, -0.15) is 17.2 Å². The second-order valence-corrected chi connectivity index (χ2v) is 16.1. The van der Waals surface area contributed by atoms with Crippen LogP contribution in [0.2, 0.25) is 0 Å². The molecule has 2 unspecified atom stereocenters. The molecule has 0 amide bonds. The number of aromatic nitrogens is 4. The van der Waals surface area contributed by atoms with Gasteiger partial charge < -0.3 is 9.30 Å². The number of benzene rings is 4. The number of nitrogens with zero attached hydrogens (tertiary/aromatic N) is 4. The predicted octanol–water partition coefficient (Wildman–Crippen LogP) is 12.9. The summed E-state index contributed by atoms with van der Waals surface area (Å²) < 4.78 is 10.8. The minimum Gasteiger partial charge on any atom is -0.509 e. The zero-order chi connectivity index (χ0) is 37.3. The summed E-state index contributed by atoms with van der Waals surface area (Å²) in [6.07, 6.45) is 7.71.